The van der Waals surface area contributed by atoms with Gasteiger partial charge in [0.15, 0.2) is 17.2 Å². The van der Waals surface area contributed by atoms with Gasteiger partial charge in [0.1, 0.15) is 5.52 Å². The third kappa shape index (κ3) is 3.60. The maximum absolute atomic E-state index is 12.2. The smallest absolute Gasteiger partial charge is 0.292 e. The van der Waals surface area contributed by atoms with Gasteiger partial charge in [-0.2, -0.15) is 0 Å². The summed E-state index contributed by atoms with van der Waals surface area (Å²) in [5.74, 6) is 2.04. The number of aromatic nitrogens is 2. The molecule has 2 heterocycles. The molecule has 0 saturated heterocycles. The molecule has 0 atom stereocenters. The highest BCUT2D eigenvalue weighted by Crippen LogP contribution is 2.42. The van der Waals surface area contributed by atoms with E-state index in [1.807, 2.05) is 12.1 Å². The van der Waals surface area contributed by atoms with Crippen LogP contribution in [0.5, 0.6) is 5.75 Å². The zero-order valence-electron chi connectivity index (χ0n) is 15.4. The van der Waals surface area contributed by atoms with Gasteiger partial charge in [-0.15, -0.1) is 4.47 Å². The van der Waals surface area contributed by atoms with Crippen LogP contribution in [-0.4, -0.2) is 33.4 Å². The largest absolute Gasteiger partial charge is 0.491 e. The Morgan fingerprint density at radius 1 is 1.41 bits per heavy atom. The van der Waals surface area contributed by atoms with Gasteiger partial charge in [0.2, 0.25) is 0 Å². The Bertz CT molecular complexity index is 1050. The fraction of sp³-hybridized carbons (Fsp3) is 0.368. The first-order valence-corrected chi connectivity index (χ1v) is 9.64. The Morgan fingerprint density at radius 3 is 2.85 bits per heavy atom. The molecule has 1 aliphatic carbocycles. The molecule has 142 valence electrons. The predicted octanol–water partition coefficient (Wildman–Crippen LogP) is 3.55. The van der Waals surface area contributed by atoms with Crippen molar-refractivity contribution in [3.8, 4) is 16.9 Å². The minimum Gasteiger partial charge on any atom is -0.491 e. The molecular formula is C19H21N3O4S. The summed E-state index contributed by atoms with van der Waals surface area (Å²) in [6.45, 7) is 0. The first-order chi connectivity index (χ1) is 13.0. The topological polar surface area (TPSA) is 80.7 Å². The molecule has 7 nitrogen and oxygen atoms in total. The van der Waals surface area contributed by atoms with E-state index in [0.717, 1.165) is 45.4 Å². The number of pyridine rings is 1. The lowest BCUT2D eigenvalue weighted by Gasteiger charge is -2.11. The Kier molecular flexibility index (Phi) is 4.71. The molecule has 1 fully saturated rings. The number of oxazole rings is 1. The summed E-state index contributed by atoms with van der Waals surface area (Å²) in [5, 5.41) is 9.44. The molecule has 0 amide bonds. The minimum absolute atomic E-state index is 0.192. The molecule has 4 rings (SSSR count). The maximum atomic E-state index is 12.2. The van der Waals surface area contributed by atoms with E-state index in [1.165, 1.54) is 23.6 Å². The lowest BCUT2D eigenvalue weighted by Crippen LogP contribution is -2.17. The average molecular weight is 387 g/mol. The van der Waals surface area contributed by atoms with Crippen molar-refractivity contribution in [2.24, 2.45) is 7.05 Å². The molecule has 0 radical (unpaired) electrons. The molecule has 0 aliphatic heterocycles. The quantitative estimate of drug-likeness (QED) is 0.512. The monoisotopic (exact) mass is 387 g/mol. The van der Waals surface area contributed by atoms with Gasteiger partial charge in [0.25, 0.3) is 5.56 Å². The summed E-state index contributed by atoms with van der Waals surface area (Å²) in [6, 6.07) is 5.73. The number of fused-ring (bicyclic) bond motifs is 1. The van der Waals surface area contributed by atoms with Gasteiger partial charge in [-0.25, -0.2) is 4.98 Å². The summed E-state index contributed by atoms with van der Waals surface area (Å²) in [5.41, 5.74) is 4.00. The van der Waals surface area contributed by atoms with Gasteiger partial charge in [-0.3, -0.25) is 4.79 Å². The van der Waals surface area contributed by atoms with Crippen molar-refractivity contribution in [2.75, 3.05) is 14.2 Å². The van der Waals surface area contributed by atoms with Crippen LogP contribution in [0.1, 0.15) is 30.2 Å². The number of nitrogens with zero attached hydrogens (tertiary/aromatic N) is 3. The van der Waals surface area contributed by atoms with Crippen LogP contribution in [0, 0.1) is 0 Å². The van der Waals surface area contributed by atoms with Crippen molar-refractivity contribution >= 4 is 23.0 Å². The second-order valence-electron chi connectivity index (χ2n) is 6.77. The molecule has 27 heavy (non-hydrogen) atoms. The molecule has 0 spiro atoms. The molecule has 0 bridgehead atoms. The third-order valence-electron chi connectivity index (χ3n) is 4.59. The van der Waals surface area contributed by atoms with Crippen LogP contribution < -0.4 is 10.3 Å². The molecule has 2 aromatic heterocycles. The average Bonchev–Trinajstić information content (AvgIpc) is 3.40. The highest BCUT2D eigenvalue weighted by molar-refractivity contribution is 7.96. The summed E-state index contributed by atoms with van der Waals surface area (Å²) >= 11 is 1.29. The van der Waals surface area contributed by atoms with Crippen molar-refractivity contribution in [1.82, 2.24) is 14.0 Å². The highest BCUT2D eigenvalue weighted by atomic mass is 32.2. The van der Waals surface area contributed by atoms with Gasteiger partial charge in [-0.05, 0) is 48.6 Å². The fourth-order valence-corrected chi connectivity index (χ4v) is 3.56. The fourth-order valence-electron chi connectivity index (χ4n) is 3.05. The molecule has 1 saturated carbocycles. The number of ether oxygens (including phenoxy) is 1. The van der Waals surface area contributed by atoms with E-state index >= 15 is 0 Å². The molecule has 1 aliphatic rings. The van der Waals surface area contributed by atoms with Crippen LogP contribution in [0.2, 0.25) is 0 Å². The second kappa shape index (κ2) is 7.03. The zero-order valence-corrected chi connectivity index (χ0v) is 16.2. The first-order valence-electron chi connectivity index (χ1n) is 8.70. The Balaban J connectivity index is 1.89. The minimum atomic E-state index is -0.192. The standard InChI is InChI=1S/C19H21N3O4S/c1-21-9-13(8-16(25-3)19(21)23)14-6-11(10-27-22(2)24)7-15-17(14)26-18(20-15)12-4-5-12/h6-9,12,24H,4-5,10H2,1-3H3. The van der Waals surface area contributed by atoms with Gasteiger partial charge in [-0.1, -0.05) is 0 Å². The summed E-state index contributed by atoms with van der Waals surface area (Å²) in [4.78, 5) is 16.8. The number of hydrogen-bond acceptors (Lipinski definition) is 7. The van der Waals surface area contributed by atoms with E-state index in [2.05, 4.69) is 4.98 Å². The lowest BCUT2D eigenvalue weighted by atomic mass is 10.0. The molecular weight excluding hydrogens is 366 g/mol. The highest BCUT2D eigenvalue weighted by Gasteiger charge is 2.29. The normalized spacial score (nSPS) is 14.3. The summed E-state index contributed by atoms with van der Waals surface area (Å²) in [7, 11) is 4.77. The summed E-state index contributed by atoms with van der Waals surface area (Å²) in [6.07, 6.45) is 3.98. The Hall–Kier alpha value is -2.29. The van der Waals surface area contributed by atoms with Crippen molar-refractivity contribution in [3.63, 3.8) is 0 Å². The molecule has 1 N–H and O–H groups in total. The van der Waals surface area contributed by atoms with Gasteiger partial charge in [0, 0.05) is 43.1 Å². The van der Waals surface area contributed by atoms with Crippen LogP contribution in [0.3, 0.4) is 0 Å². The van der Waals surface area contributed by atoms with Gasteiger partial charge in [0.05, 0.1) is 7.11 Å². The SMILES string of the molecule is COc1cc(-c2cc(CSN(C)O)cc3nc(C4CC4)oc23)cn(C)c1=O. The van der Waals surface area contributed by atoms with E-state index in [0.29, 0.717) is 17.3 Å². The van der Waals surface area contributed by atoms with Crippen LogP contribution in [0.4, 0.5) is 0 Å². The lowest BCUT2D eigenvalue weighted by molar-refractivity contribution is 0.0452. The van der Waals surface area contributed by atoms with E-state index < -0.39 is 0 Å². The predicted molar refractivity (Wildman–Crippen MR) is 104 cm³/mol. The maximum Gasteiger partial charge on any atom is 0.292 e. The molecule has 8 heteroatoms. The van der Waals surface area contributed by atoms with Crippen molar-refractivity contribution < 1.29 is 14.4 Å². The second-order valence-corrected chi connectivity index (χ2v) is 7.84. The van der Waals surface area contributed by atoms with E-state index in [-0.39, 0.29) is 11.3 Å². The number of aryl methyl sites for hydroxylation is 1. The van der Waals surface area contributed by atoms with E-state index in [9.17, 15) is 10.0 Å². The molecule has 1 aromatic carbocycles. The first kappa shape index (κ1) is 18.1. The molecule has 0 unspecified atom stereocenters. The third-order valence-corrected chi connectivity index (χ3v) is 5.43. The van der Waals surface area contributed by atoms with Crippen molar-refractivity contribution in [2.45, 2.75) is 24.5 Å². The van der Waals surface area contributed by atoms with Crippen LogP contribution in [-0.2, 0) is 12.8 Å². The zero-order chi connectivity index (χ0) is 19.1. The number of benzene rings is 1. The van der Waals surface area contributed by atoms with Gasteiger partial charge >= 0.3 is 0 Å². The van der Waals surface area contributed by atoms with Crippen LogP contribution in [0.15, 0.2) is 33.6 Å². The number of rotatable bonds is 6. The van der Waals surface area contributed by atoms with Gasteiger partial charge < -0.3 is 18.9 Å². The number of hydroxylamine groups is 1. The van der Waals surface area contributed by atoms with Crippen LogP contribution >= 0.6 is 11.9 Å². The summed E-state index contributed by atoms with van der Waals surface area (Å²) < 4.78 is 13.9. The molecule has 3 aromatic rings. The van der Waals surface area contributed by atoms with E-state index in [4.69, 9.17) is 9.15 Å². The van der Waals surface area contributed by atoms with Crippen molar-refractivity contribution in [3.05, 3.63) is 46.2 Å². The van der Waals surface area contributed by atoms with Crippen molar-refractivity contribution in [1.29, 1.82) is 0 Å². The van der Waals surface area contributed by atoms with E-state index in [1.54, 1.807) is 26.4 Å². The van der Waals surface area contributed by atoms with Crippen LogP contribution in [0.25, 0.3) is 22.2 Å². The number of methoxy groups -OCH3 is 1. The Morgan fingerprint density at radius 2 is 2.19 bits per heavy atom. The Labute approximate surface area is 160 Å². The number of hydrogen-bond donors (Lipinski definition) is 1.